The molecular formula is C17H17F3N4O3. The normalized spacial score (nSPS) is 16.6. The maximum Gasteiger partial charge on any atom is 0.573 e. The first-order valence-electron chi connectivity index (χ1n) is 8.19. The van der Waals surface area contributed by atoms with Crippen molar-refractivity contribution in [3.63, 3.8) is 0 Å². The Morgan fingerprint density at radius 1 is 1.37 bits per heavy atom. The summed E-state index contributed by atoms with van der Waals surface area (Å²) in [5.41, 5.74) is 2.70. The van der Waals surface area contributed by atoms with Crippen LogP contribution < -0.4 is 10.1 Å². The van der Waals surface area contributed by atoms with Crippen LogP contribution in [0.4, 0.5) is 18.9 Å². The van der Waals surface area contributed by atoms with Gasteiger partial charge in [0.05, 0.1) is 11.9 Å². The van der Waals surface area contributed by atoms with Gasteiger partial charge in [-0.25, -0.2) is 0 Å². The molecule has 1 aliphatic rings. The average Bonchev–Trinajstić information content (AvgIpc) is 3.21. The maximum absolute atomic E-state index is 12.3. The minimum Gasteiger partial charge on any atom is -0.406 e. The van der Waals surface area contributed by atoms with Crippen molar-refractivity contribution in [2.75, 3.05) is 5.32 Å². The van der Waals surface area contributed by atoms with Crippen LogP contribution in [0.5, 0.6) is 5.75 Å². The van der Waals surface area contributed by atoms with Gasteiger partial charge in [-0.1, -0.05) is 5.16 Å². The van der Waals surface area contributed by atoms with Crippen LogP contribution in [-0.4, -0.2) is 33.9 Å². The number of carbonyl (C=O) groups is 1. The topological polar surface area (TPSA) is 77.7 Å². The highest BCUT2D eigenvalue weighted by Crippen LogP contribution is 2.25. The summed E-state index contributed by atoms with van der Waals surface area (Å²) in [6, 6.07) is 4.85. The Hall–Kier alpha value is -3.04. The molecule has 144 valence electrons. The average molecular weight is 382 g/mol. The van der Waals surface area contributed by atoms with E-state index in [0.717, 1.165) is 29.9 Å². The molecule has 2 aromatic rings. The molecule has 1 aromatic carbocycles. The molecule has 1 aromatic heterocycles. The van der Waals surface area contributed by atoms with E-state index in [-0.39, 0.29) is 12.2 Å². The van der Waals surface area contributed by atoms with E-state index in [1.807, 2.05) is 18.5 Å². The summed E-state index contributed by atoms with van der Waals surface area (Å²) in [5.74, 6) is -0.814. The van der Waals surface area contributed by atoms with Gasteiger partial charge in [0.15, 0.2) is 0 Å². The molecule has 10 heteroatoms. The van der Waals surface area contributed by atoms with Crippen molar-refractivity contribution in [1.29, 1.82) is 0 Å². The minimum absolute atomic E-state index is 0.275. The Morgan fingerprint density at radius 3 is 2.67 bits per heavy atom. The summed E-state index contributed by atoms with van der Waals surface area (Å²) in [6.45, 7) is 4.60. The Balaban J connectivity index is 1.59. The van der Waals surface area contributed by atoms with Gasteiger partial charge >= 0.3 is 6.36 Å². The summed E-state index contributed by atoms with van der Waals surface area (Å²) in [6.07, 6.45) is -3.63. The number of aryl methyl sites for hydroxylation is 1. The summed E-state index contributed by atoms with van der Waals surface area (Å²) in [4.78, 5) is 17.5. The molecule has 0 bridgehead atoms. The highest BCUT2D eigenvalue weighted by molar-refractivity contribution is 6.06. The van der Waals surface area contributed by atoms with Crippen LogP contribution in [0, 0.1) is 6.92 Å². The molecule has 2 heterocycles. The predicted molar refractivity (Wildman–Crippen MR) is 90.4 cm³/mol. The predicted octanol–water partition coefficient (Wildman–Crippen LogP) is 3.24. The molecule has 0 aliphatic carbocycles. The lowest BCUT2D eigenvalue weighted by molar-refractivity contribution is -0.274. The van der Waals surface area contributed by atoms with E-state index >= 15 is 0 Å². The van der Waals surface area contributed by atoms with Crippen molar-refractivity contribution >= 4 is 17.3 Å². The molecule has 0 fully saturated rings. The first kappa shape index (κ1) is 18.7. The number of hydrogen-bond donors (Lipinski definition) is 1. The van der Waals surface area contributed by atoms with Gasteiger partial charge in [-0.15, -0.1) is 13.2 Å². The third-order valence-electron chi connectivity index (χ3n) is 4.03. The molecule has 1 N–H and O–H groups in total. The minimum atomic E-state index is -4.76. The van der Waals surface area contributed by atoms with Gasteiger partial charge in [-0.05, 0) is 38.1 Å². The van der Waals surface area contributed by atoms with Gasteiger partial charge in [-0.2, -0.15) is 5.10 Å². The number of halogens is 3. The van der Waals surface area contributed by atoms with Gasteiger partial charge in [0.1, 0.15) is 5.75 Å². The van der Waals surface area contributed by atoms with Gasteiger partial charge in [0.2, 0.25) is 6.10 Å². The molecule has 0 radical (unpaired) electrons. The monoisotopic (exact) mass is 382 g/mol. The van der Waals surface area contributed by atoms with E-state index in [0.29, 0.717) is 11.4 Å². The molecule has 1 atom stereocenters. The number of anilines is 1. The molecule has 1 aliphatic heterocycles. The van der Waals surface area contributed by atoms with Gasteiger partial charge < -0.3 is 14.9 Å². The fourth-order valence-corrected chi connectivity index (χ4v) is 2.69. The van der Waals surface area contributed by atoms with Crippen molar-refractivity contribution in [1.82, 2.24) is 9.78 Å². The van der Waals surface area contributed by atoms with Crippen LogP contribution >= 0.6 is 0 Å². The SMILES string of the molecule is CCn1ncc(C2=NOC(C(=O)Nc3ccc(OC(F)(F)F)cc3)C2)c1C. The van der Waals surface area contributed by atoms with Gasteiger partial charge in [0.25, 0.3) is 5.91 Å². The summed E-state index contributed by atoms with van der Waals surface area (Å²) >= 11 is 0. The van der Waals surface area contributed by atoms with Crippen LogP contribution in [0.1, 0.15) is 24.6 Å². The van der Waals surface area contributed by atoms with Crippen molar-refractivity contribution in [3.05, 3.63) is 41.7 Å². The molecular weight excluding hydrogens is 365 g/mol. The summed E-state index contributed by atoms with van der Waals surface area (Å²) in [7, 11) is 0. The van der Waals surface area contributed by atoms with E-state index in [9.17, 15) is 18.0 Å². The Kier molecular flexibility index (Phi) is 5.06. The Morgan fingerprint density at radius 2 is 2.07 bits per heavy atom. The van der Waals surface area contributed by atoms with Gasteiger partial charge in [-0.3, -0.25) is 9.48 Å². The van der Waals surface area contributed by atoms with Gasteiger partial charge in [0, 0.05) is 29.9 Å². The van der Waals surface area contributed by atoms with Crippen molar-refractivity contribution in [2.45, 2.75) is 39.3 Å². The number of benzene rings is 1. The van der Waals surface area contributed by atoms with Crippen molar-refractivity contribution in [3.8, 4) is 5.75 Å². The second-order valence-corrected chi connectivity index (χ2v) is 5.86. The summed E-state index contributed by atoms with van der Waals surface area (Å²) < 4.78 is 42.1. The number of alkyl halides is 3. The fourth-order valence-electron chi connectivity index (χ4n) is 2.69. The van der Waals surface area contributed by atoms with E-state index in [1.165, 1.54) is 12.1 Å². The molecule has 1 unspecified atom stereocenters. The number of hydrogen-bond acceptors (Lipinski definition) is 5. The number of aromatic nitrogens is 2. The zero-order valence-electron chi connectivity index (χ0n) is 14.6. The lowest BCUT2D eigenvalue weighted by Gasteiger charge is -2.11. The van der Waals surface area contributed by atoms with E-state index in [2.05, 4.69) is 20.3 Å². The van der Waals surface area contributed by atoms with Crippen LogP contribution in [0.25, 0.3) is 0 Å². The van der Waals surface area contributed by atoms with Crippen LogP contribution in [0.3, 0.4) is 0 Å². The largest absolute Gasteiger partial charge is 0.573 e. The van der Waals surface area contributed by atoms with E-state index in [1.54, 1.807) is 6.20 Å². The fraction of sp³-hybridized carbons (Fsp3) is 0.353. The number of carbonyl (C=O) groups excluding carboxylic acids is 1. The van der Waals surface area contributed by atoms with E-state index in [4.69, 9.17) is 4.84 Å². The maximum atomic E-state index is 12.3. The first-order valence-corrected chi connectivity index (χ1v) is 8.19. The third kappa shape index (κ3) is 4.39. The summed E-state index contributed by atoms with van der Waals surface area (Å²) in [5, 5.41) is 10.8. The van der Waals surface area contributed by atoms with Crippen LogP contribution in [-0.2, 0) is 16.2 Å². The highest BCUT2D eigenvalue weighted by atomic mass is 19.4. The van der Waals surface area contributed by atoms with E-state index < -0.39 is 18.4 Å². The number of nitrogens with zero attached hydrogens (tertiary/aromatic N) is 3. The number of oxime groups is 1. The van der Waals surface area contributed by atoms with Crippen molar-refractivity contribution < 1.29 is 27.5 Å². The molecule has 1 amide bonds. The molecule has 0 saturated heterocycles. The van der Waals surface area contributed by atoms with Crippen molar-refractivity contribution in [2.24, 2.45) is 5.16 Å². The molecule has 3 rings (SSSR count). The number of amides is 1. The quantitative estimate of drug-likeness (QED) is 0.861. The number of rotatable bonds is 5. The standard InChI is InChI=1S/C17H17F3N4O3/c1-3-24-10(2)13(9-21-24)14-8-15(27-23-14)16(25)22-11-4-6-12(7-5-11)26-17(18,19)20/h4-7,9,15H,3,8H2,1-2H3,(H,22,25). The molecule has 0 spiro atoms. The Labute approximate surface area is 152 Å². The molecule has 27 heavy (non-hydrogen) atoms. The molecule has 0 saturated carbocycles. The first-order chi connectivity index (χ1) is 12.8. The second-order valence-electron chi connectivity index (χ2n) is 5.86. The lowest BCUT2D eigenvalue weighted by Crippen LogP contribution is -2.28. The zero-order valence-corrected chi connectivity index (χ0v) is 14.6. The number of ether oxygens (including phenoxy) is 1. The third-order valence-corrected chi connectivity index (χ3v) is 4.03. The lowest BCUT2D eigenvalue weighted by atomic mass is 10.1. The Bertz CT molecular complexity index is 859. The molecule has 7 nitrogen and oxygen atoms in total. The van der Waals surface area contributed by atoms with Crippen LogP contribution in [0.15, 0.2) is 35.6 Å². The highest BCUT2D eigenvalue weighted by Gasteiger charge is 2.32. The second kappa shape index (κ2) is 7.29. The number of nitrogens with one attached hydrogen (secondary N) is 1. The zero-order chi connectivity index (χ0) is 19.6. The van der Waals surface area contributed by atoms with Crippen LogP contribution in [0.2, 0.25) is 0 Å². The smallest absolute Gasteiger partial charge is 0.406 e.